The molecule has 0 N–H and O–H groups in total. The fourth-order valence-corrected chi connectivity index (χ4v) is 2.94. The number of amides is 1. The molecule has 1 saturated heterocycles. The number of carbonyl (C=O) groups excluding carboxylic acids is 1. The Hall–Kier alpha value is -1.42. The molecule has 1 aromatic rings. The van der Waals surface area contributed by atoms with Gasteiger partial charge in [0, 0.05) is 39.1 Å². The number of aryl methyl sites for hydroxylation is 1. The Kier molecular flexibility index (Phi) is 5.74. The van der Waals surface area contributed by atoms with Gasteiger partial charge in [-0.1, -0.05) is 12.1 Å². The van der Waals surface area contributed by atoms with Crippen molar-refractivity contribution >= 4 is 5.91 Å². The predicted molar refractivity (Wildman–Crippen MR) is 82.6 cm³/mol. The molecule has 0 aliphatic carbocycles. The normalized spacial score (nSPS) is 18.3. The summed E-state index contributed by atoms with van der Waals surface area (Å²) < 4.78 is 13.2. The maximum absolute atomic E-state index is 13.2. The fourth-order valence-electron chi connectivity index (χ4n) is 2.94. The topological polar surface area (TPSA) is 23.6 Å². The van der Waals surface area contributed by atoms with Crippen LogP contribution in [0.15, 0.2) is 24.3 Å². The highest BCUT2D eigenvalue weighted by molar-refractivity contribution is 5.73. The Morgan fingerprint density at radius 1 is 1.29 bits per heavy atom. The number of hydrogen-bond acceptors (Lipinski definition) is 2. The minimum atomic E-state index is -0.160. The average molecular weight is 292 g/mol. The molecule has 2 rings (SSSR count). The summed E-state index contributed by atoms with van der Waals surface area (Å²) in [5, 5.41) is 0. The molecule has 0 saturated carbocycles. The molecule has 1 atom stereocenters. The van der Waals surface area contributed by atoms with Crippen molar-refractivity contribution in [1.29, 1.82) is 0 Å². The van der Waals surface area contributed by atoms with Crippen molar-refractivity contribution in [2.75, 3.05) is 26.2 Å². The van der Waals surface area contributed by atoms with Crippen molar-refractivity contribution < 1.29 is 9.18 Å². The van der Waals surface area contributed by atoms with Crippen molar-refractivity contribution in [3.05, 3.63) is 35.6 Å². The zero-order valence-electron chi connectivity index (χ0n) is 13.0. The molecular weight excluding hydrogens is 267 g/mol. The first-order valence-corrected chi connectivity index (χ1v) is 7.80. The van der Waals surface area contributed by atoms with E-state index in [9.17, 15) is 9.18 Å². The molecule has 0 aromatic heterocycles. The summed E-state index contributed by atoms with van der Waals surface area (Å²) in [6.45, 7) is 7.52. The van der Waals surface area contributed by atoms with E-state index in [-0.39, 0.29) is 11.7 Å². The summed E-state index contributed by atoms with van der Waals surface area (Å²) in [7, 11) is 0. The standard InChI is InChI=1S/C17H25FN2O/c1-14(7-8-16-5-3-6-17(18)13-16)19-9-4-10-20(12-11-19)15(2)21/h3,5-6,13-14H,4,7-12H2,1-2H3/t14-/m1/s1. The van der Waals surface area contributed by atoms with E-state index in [0.29, 0.717) is 6.04 Å². The van der Waals surface area contributed by atoms with Crippen LogP contribution in [0.4, 0.5) is 4.39 Å². The van der Waals surface area contributed by atoms with Gasteiger partial charge in [-0.15, -0.1) is 0 Å². The van der Waals surface area contributed by atoms with Crippen LogP contribution in [0.25, 0.3) is 0 Å². The fraction of sp³-hybridized carbons (Fsp3) is 0.588. The number of nitrogens with zero attached hydrogens (tertiary/aromatic N) is 2. The maximum Gasteiger partial charge on any atom is 0.219 e. The van der Waals surface area contributed by atoms with E-state index in [1.165, 1.54) is 6.07 Å². The van der Waals surface area contributed by atoms with E-state index in [0.717, 1.165) is 51.0 Å². The molecule has 0 spiro atoms. The number of benzene rings is 1. The van der Waals surface area contributed by atoms with Gasteiger partial charge in [0.05, 0.1) is 0 Å². The summed E-state index contributed by atoms with van der Waals surface area (Å²) >= 11 is 0. The lowest BCUT2D eigenvalue weighted by Crippen LogP contribution is -2.38. The van der Waals surface area contributed by atoms with E-state index < -0.39 is 0 Å². The van der Waals surface area contributed by atoms with Gasteiger partial charge in [-0.2, -0.15) is 0 Å². The Morgan fingerprint density at radius 2 is 2.10 bits per heavy atom. The second-order valence-electron chi connectivity index (χ2n) is 5.91. The third-order valence-corrected chi connectivity index (χ3v) is 4.34. The van der Waals surface area contributed by atoms with Gasteiger partial charge >= 0.3 is 0 Å². The molecule has 1 aliphatic rings. The number of halogens is 1. The average Bonchev–Trinajstić information content (AvgIpc) is 2.71. The highest BCUT2D eigenvalue weighted by Gasteiger charge is 2.20. The molecule has 1 fully saturated rings. The summed E-state index contributed by atoms with van der Waals surface area (Å²) in [6, 6.07) is 7.31. The van der Waals surface area contributed by atoms with Crippen LogP contribution in [0.1, 0.15) is 32.3 Å². The van der Waals surface area contributed by atoms with Gasteiger partial charge < -0.3 is 4.90 Å². The van der Waals surface area contributed by atoms with Gasteiger partial charge in [-0.25, -0.2) is 4.39 Å². The second-order valence-corrected chi connectivity index (χ2v) is 5.91. The molecular formula is C17H25FN2O. The van der Waals surface area contributed by atoms with Gasteiger partial charge in [0.2, 0.25) is 5.91 Å². The number of rotatable bonds is 4. The molecule has 1 aliphatic heterocycles. The van der Waals surface area contributed by atoms with E-state index in [4.69, 9.17) is 0 Å². The monoisotopic (exact) mass is 292 g/mol. The lowest BCUT2D eigenvalue weighted by molar-refractivity contribution is -0.128. The van der Waals surface area contributed by atoms with E-state index in [1.54, 1.807) is 19.1 Å². The Balaban J connectivity index is 1.83. The van der Waals surface area contributed by atoms with Gasteiger partial charge in [0.1, 0.15) is 5.82 Å². The van der Waals surface area contributed by atoms with Crippen molar-refractivity contribution in [2.24, 2.45) is 0 Å². The van der Waals surface area contributed by atoms with Crippen molar-refractivity contribution in [2.45, 2.75) is 39.2 Å². The number of carbonyl (C=O) groups is 1. The Morgan fingerprint density at radius 3 is 2.81 bits per heavy atom. The molecule has 0 unspecified atom stereocenters. The van der Waals surface area contributed by atoms with Gasteiger partial charge in [-0.3, -0.25) is 9.69 Å². The Bertz CT molecular complexity index is 478. The van der Waals surface area contributed by atoms with Crippen LogP contribution >= 0.6 is 0 Å². The Labute approximate surface area is 126 Å². The van der Waals surface area contributed by atoms with Crippen LogP contribution in [-0.2, 0) is 11.2 Å². The van der Waals surface area contributed by atoms with Crippen LogP contribution < -0.4 is 0 Å². The summed E-state index contributed by atoms with van der Waals surface area (Å²) in [4.78, 5) is 15.8. The largest absolute Gasteiger partial charge is 0.342 e. The first-order chi connectivity index (χ1) is 10.1. The highest BCUT2D eigenvalue weighted by Crippen LogP contribution is 2.13. The van der Waals surface area contributed by atoms with Crippen LogP contribution in [0.3, 0.4) is 0 Å². The van der Waals surface area contributed by atoms with Crippen molar-refractivity contribution in [1.82, 2.24) is 9.80 Å². The molecule has 1 amide bonds. The summed E-state index contributed by atoms with van der Waals surface area (Å²) in [5.41, 5.74) is 1.06. The molecule has 1 heterocycles. The third-order valence-electron chi connectivity index (χ3n) is 4.34. The molecule has 4 heteroatoms. The van der Waals surface area contributed by atoms with Gasteiger partial charge in [0.15, 0.2) is 0 Å². The quantitative estimate of drug-likeness (QED) is 0.852. The van der Waals surface area contributed by atoms with E-state index in [2.05, 4.69) is 11.8 Å². The third kappa shape index (κ3) is 4.81. The van der Waals surface area contributed by atoms with Crippen LogP contribution in [0, 0.1) is 5.82 Å². The summed E-state index contributed by atoms with van der Waals surface area (Å²) in [6.07, 6.45) is 2.94. The molecule has 0 bridgehead atoms. The molecule has 0 radical (unpaired) electrons. The van der Waals surface area contributed by atoms with Crippen molar-refractivity contribution in [3.8, 4) is 0 Å². The van der Waals surface area contributed by atoms with Crippen molar-refractivity contribution in [3.63, 3.8) is 0 Å². The van der Waals surface area contributed by atoms with Crippen LogP contribution in [0.5, 0.6) is 0 Å². The first kappa shape index (κ1) is 16.0. The summed E-state index contributed by atoms with van der Waals surface area (Å²) in [5.74, 6) is 0.0105. The second kappa shape index (κ2) is 7.55. The maximum atomic E-state index is 13.2. The van der Waals surface area contributed by atoms with E-state index in [1.807, 2.05) is 11.0 Å². The zero-order chi connectivity index (χ0) is 15.2. The zero-order valence-corrected chi connectivity index (χ0v) is 13.0. The lowest BCUT2D eigenvalue weighted by Gasteiger charge is -2.27. The highest BCUT2D eigenvalue weighted by atomic mass is 19.1. The minimum absolute atomic E-state index is 0.160. The molecule has 3 nitrogen and oxygen atoms in total. The molecule has 21 heavy (non-hydrogen) atoms. The molecule has 1 aromatic carbocycles. The first-order valence-electron chi connectivity index (χ1n) is 7.80. The SMILES string of the molecule is CC(=O)N1CCCN([C@H](C)CCc2cccc(F)c2)CC1. The lowest BCUT2D eigenvalue weighted by atomic mass is 10.0. The van der Waals surface area contributed by atoms with E-state index >= 15 is 0 Å². The smallest absolute Gasteiger partial charge is 0.219 e. The minimum Gasteiger partial charge on any atom is -0.342 e. The van der Waals surface area contributed by atoms with Gasteiger partial charge in [-0.05, 0) is 43.9 Å². The van der Waals surface area contributed by atoms with Crippen LogP contribution in [0.2, 0.25) is 0 Å². The number of hydrogen-bond donors (Lipinski definition) is 0. The van der Waals surface area contributed by atoms with Gasteiger partial charge in [0.25, 0.3) is 0 Å². The predicted octanol–water partition coefficient (Wildman–Crippen LogP) is 2.70. The molecule has 116 valence electrons. The van der Waals surface area contributed by atoms with Crippen LogP contribution in [-0.4, -0.2) is 47.9 Å².